The van der Waals surface area contributed by atoms with Crippen molar-refractivity contribution in [3.8, 4) is 16.9 Å². The van der Waals surface area contributed by atoms with Crippen LogP contribution in [0.2, 0.25) is 0 Å². The molecule has 0 aromatic heterocycles. The maximum Gasteiger partial charge on any atom is 0.137 e. The van der Waals surface area contributed by atoms with Crippen molar-refractivity contribution >= 4 is 0 Å². The number of likely N-dealkylation sites (N-methyl/N-ethyl adjacent to an activating group) is 1. The summed E-state index contributed by atoms with van der Waals surface area (Å²) < 4.78 is 12.6. The molecule has 5 heteroatoms. The van der Waals surface area contributed by atoms with Gasteiger partial charge >= 0.3 is 0 Å². The van der Waals surface area contributed by atoms with Gasteiger partial charge in [-0.15, -0.1) is 0 Å². The molecule has 1 fully saturated rings. The van der Waals surface area contributed by atoms with Crippen LogP contribution in [0.15, 0.2) is 54.6 Å². The third kappa shape index (κ3) is 6.17. The fraction of sp³-hybridized carbons (Fsp3) is 0.478. The molecule has 2 aromatic rings. The van der Waals surface area contributed by atoms with Crippen LogP contribution >= 0.6 is 0 Å². The van der Waals surface area contributed by atoms with E-state index in [0.717, 1.165) is 35.4 Å². The van der Waals surface area contributed by atoms with Crippen LogP contribution in [-0.4, -0.2) is 60.7 Å². The van der Waals surface area contributed by atoms with Gasteiger partial charge in [-0.25, -0.2) is 0 Å². The maximum atomic E-state index is 10.6. The van der Waals surface area contributed by atoms with Gasteiger partial charge in [0.2, 0.25) is 0 Å². The Labute approximate surface area is 186 Å². The third-order valence-corrected chi connectivity index (χ3v) is 5.43. The van der Waals surface area contributed by atoms with Gasteiger partial charge in [0, 0.05) is 0 Å². The summed E-state index contributed by atoms with van der Waals surface area (Å²) in [7, 11) is 0. The van der Waals surface area contributed by atoms with Crippen LogP contribution in [0.3, 0.4) is 0 Å². The molecule has 0 amide bonds. The largest absolute Gasteiger partial charge is 1.00 e. The summed E-state index contributed by atoms with van der Waals surface area (Å²) >= 11 is 0. The molecule has 3 unspecified atom stereocenters. The van der Waals surface area contributed by atoms with E-state index in [9.17, 15) is 5.11 Å². The second-order valence-corrected chi connectivity index (χ2v) is 7.82. The molecule has 28 heavy (non-hydrogen) atoms. The summed E-state index contributed by atoms with van der Waals surface area (Å²) in [6, 6.07) is 18.3. The molecule has 0 aliphatic carbocycles. The third-order valence-electron chi connectivity index (χ3n) is 5.43. The van der Waals surface area contributed by atoms with E-state index in [-0.39, 0.29) is 36.2 Å². The first kappa shape index (κ1) is 23.1. The molecular formula is C23H32INO3. The first-order chi connectivity index (χ1) is 13.0. The van der Waals surface area contributed by atoms with Crippen molar-refractivity contribution in [3.63, 3.8) is 0 Å². The zero-order valence-electron chi connectivity index (χ0n) is 17.1. The number of quaternary nitrogens is 1. The lowest BCUT2D eigenvalue weighted by molar-refractivity contribution is -0.942. The zero-order valence-corrected chi connectivity index (χ0v) is 19.2. The molecule has 3 atom stereocenters. The molecule has 0 spiro atoms. The molecular weight excluding hydrogens is 465 g/mol. The van der Waals surface area contributed by atoms with Gasteiger partial charge in [0.25, 0.3) is 0 Å². The van der Waals surface area contributed by atoms with Crippen molar-refractivity contribution in [1.29, 1.82) is 0 Å². The summed E-state index contributed by atoms with van der Waals surface area (Å²) in [5.41, 5.74) is 2.35. The highest BCUT2D eigenvalue weighted by Gasteiger charge is 2.37. The Hall–Kier alpha value is -1.15. The molecule has 0 saturated carbocycles. The van der Waals surface area contributed by atoms with Gasteiger partial charge in [-0.3, -0.25) is 0 Å². The number of nitrogens with zero attached hydrogens (tertiary/aromatic N) is 1. The van der Waals surface area contributed by atoms with Crippen molar-refractivity contribution in [2.24, 2.45) is 0 Å². The van der Waals surface area contributed by atoms with Gasteiger partial charge < -0.3 is 43.0 Å². The van der Waals surface area contributed by atoms with E-state index in [1.807, 2.05) is 30.3 Å². The van der Waals surface area contributed by atoms with Crippen molar-refractivity contribution < 1.29 is 43.0 Å². The van der Waals surface area contributed by atoms with Gasteiger partial charge in [-0.2, -0.15) is 0 Å². The van der Waals surface area contributed by atoms with Crippen molar-refractivity contribution in [2.75, 3.05) is 32.8 Å². The number of ether oxygens (including phenoxy) is 2. The van der Waals surface area contributed by atoms with Crippen LogP contribution in [0.4, 0.5) is 0 Å². The van der Waals surface area contributed by atoms with Crippen molar-refractivity contribution in [1.82, 2.24) is 0 Å². The Bertz CT molecular complexity index is 698. The monoisotopic (exact) mass is 497 g/mol. The lowest BCUT2D eigenvalue weighted by Crippen LogP contribution is -3.00. The predicted octanol–water partition coefficient (Wildman–Crippen LogP) is 0.741. The molecule has 1 N–H and O–H groups in total. The molecule has 3 rings (SSSR count). The molecule has 1 saturated heterocycles. The highest BCUT2D eigenvalue weighted by molar-refractivity contribution is 5.63. The normalized spacial score (nSPS) is 25.6. The summed E-state index contributed by atoms with van der Waals surface area (Å²) in [4.78, 5) is 0. The Kier molecular flexibility index (Phi) is 8.74. The lowest BCUT2D eigenvalue weighted by Gasteiger charge is -2.46. The first-order valence-corrected chi connectivity index (χ1v) is 9.96. The first-order valence-electron chi connectivity index (χ1n) is 9.96. The van der Waals surface area contributed by atoms with Gasteiger partial charge in [-0.05, 0) is 44.0 Å². The summed E-state index contributed by atoms with van der Waals surface area (Å²) in [5, 5.41) is 10.6. The number of benzene rings is 2. The SMILES string of the molecule is CC[N+]1(CC(O)COc2ccc(-c3ccccc3)cc2)CC(C)OC(C)C1.[I-]. The molecule has 0 bridgehead atoms. The Morgan fingerprint density at radius 2 is 1.57 bits per heavy atom. The standard InChI is InChI=1S/C23H32NO3.HI/c1-4-24(14-18(2)27-19(3)15-24)16-22(25)17-26-23-12-10-21(11-13-23)20-8-6-5-7-9-20;/h5-13,18-19,22,25H,4,14-17H2,1-3H3;1H/q+1;/p-1. The molecule has 1 aliphatic rings. The molecule has 154 valence electrons. The average Bonchev–Trinajstić information content (AvgIpc) is 2.66. The van der Waals surface area contributed by atoms with Gasteiger partial charge in [0.15, 0.2) is 0 Å². The number of halogens is 1. The van der Waals surface area contributed by atoms with Crippen LogP contribution in [0.1, 0.15) is 20.8 Å². The molecule has 2 aromatic carbocycles. The van der Waals surface area contributed by atoms with Crippen LogP contribution in [0.5, 0.6) is 5.75 Å². The van der Waals surface area contributed by atoms with Gasteiger partial charge in [0.05, 0.1) is 6.54 Å². The second-order valence-electron chi connectivity index (χ2n) is 7.82. The Balaban J connectivity index is 0.00000280. The van der Waals surface area contributed by atoms with Crippen LogP contribution in [-0.2, 0) is 4.74 Å². The minimum atomic E-state index is -0.490. The summed E-state index contributed by atoms with van der Waals surface area (Å²) in [6.07, 6.45) is -0.0315. The van der Waals surface area contributed by atoms with E-state index in [0.29, 0.717) is 13.2 Å². The number of morpholine rings is 1. The van der Waals surface area contributed by atoms with E-state index in [2.05, 4.69) is 45.0 Å². The van der Waals surface area contributed by atoms with Crippen LogP contribution in [0.25, 0.3) is 11.1 Å². The highest BCUT2D eigenvalue weighted by atomic mass is 127. The number of hydrogen-bond acceptors (Lipinski definition) is 3. The van der Waals surface area contributed by atoms with E-state index >= 15 is 0 Å². The number of aliphatic hydroxyl groups is 1. The predicted molar refractivity (Wildman–Crippen MR) is 109 cm³/mol. The van der Waals surface area contributed by atoms with E-state index < -0.39 is 6.10 Å². The minimum Gasteiger partial charge on any atom is -1.00 e. The fourth-order valence-electron chi connectivity index (χ4n) is 4.25. The average molecular weight is 497 g/mol. The van der Waals surface area contributed by atoms with Gasteiger partial charge in [0.1, 0.15) is 50.3 Å². The topological polar surface area (TPSA) is 38.7 Å². The molecule has 0 radical (unpaired) electrons. The lowest BCUT2D eigenvalue weighted by atomic mass is 10.1. The van der Waals surface area contributed by atoms with E-state index in [1.54, 1.807) is 0 Å². The fourth-order valence-corrected chi connectivity index (χ4v) is 4.25. The van der Waals surface area contributed by atoms with Crippen molar-refractivity contribution in [2.45, 2.75) is 39.1 Å². The molecule has 4 nitrogen and oxygen atoms in total. The zero-order chi connectivity index (χ0) is 19.3. The summed E-state index contributed by atoms with van der Waals surface area (Å²) in [5.74, 6) is 0.792. The number of hydrogen-bond donors (Lipinski definition) is 1. The number of aliphatic hydroxyl groups excluding tert-OH is 1. The Morgan fingerprint density at radius 1 is 1.00 bits per heavy atom. The van der Waals surface area contributed by atoms with Crippen molar-refractivity contribution in [3.05, 3.63) is 54.6 Å². The molecule has 1 aliphatic heterocycles. The van der Waals surface area contributed by atoms with E-state index in [4.69, 9.17) is 9.47 Å². The smallest absolute Gasteiger partial charge is 0.137 e. The number of rotatable bonds is 7. The summed E-state index contributed by atoms with van der Waals surface area (Å²) in [6.45, 7) is 10.4. The highest BCUT2D eigenvalue weighted by Crippen LogP contribution is 2.23. The quantitative estimate of drug-likeness (QED) is 0.454. The van der Waals surface area contributed by atoms with Crippen LogP contribution < -0.4 is 28.7 Å². The van der Waals surface area contributed by atoms with E-state index in [1.165, 1.54) is 5.56 Å². The minimum absolute atomic E-state index is 0. The van der Waals surface area contributed by atoms with Gasteiger partial charge in [-0.1, -0.05) is 42.5 Å². The Morgan fingerprint density at radius 3 is 2.14 bits per heavy atom. The maximum absolute atomic E-state index is 10.6. The molecule has 1 heterocycles. The second kappa shape index (κ2) is 10.6. The van der Waals surface area contributed by atoms with Crippen LogP contribution in [0, 0.1) is 0 Å².